The minimum absolute atomic E-state index is 0.0239. The quantitative estimate of drug-likeness (QED) is 0.663. The molecule has 2 N–H and O–H groups in total. The third kappa shape index (κ3) is 4.73. The molecule has 8 heteroatoms. The Hall–Kier alpha value is -3.81. The van der Waals surface area contributed by atoms with E-state index < -0.39 is 24.2 Å². The molecule has 0 spiro atoms. The summed E-state index contributed by atoms with van der Waals surface area (Å²) in [5.74, 6) is -1.21. The summed E-state index contributed by atoms with van der Waals surface area (Å²) in [5.41, 5.74) is 2.02. The maximum absolute atomic E-state index is 12.6. The molecule has 0 fully saturated rings. The van der Waals surface area contributed by atoms with E-state index in [1.807, 2.05) is 30.3 Å². The van der Waals surface area contributed by atoms with Crippen molar-refractivity contribution >= 4 is 29.1 Å². The highest BCUT2D eigenvalue weighted by Gasteiger charge is 2.24. The van der Waals surface area contributed by atoms with Gasteiger partial charge < -0.3 is 19.9 Å². The van der Waals surface area contributed by atoms with Crippen LogP contribution in [0.4, 0.5) is 9.59 Å². The SMILES string of the molecule is COC(=O)N[C@H](Cc1cn(C(=O)OCc2ccccc2)c2ccccc12)C(=O)O. The molecule has 29 heavy (non-hydrogen) atoms. The van der Waals surface area contributed by atoms with Gasteiger partial charge in [-0.1, -0.05) is 48.5 Å². The zero-order valence-electron chi connectivity index (χ0n) is 15.7. The molecule has 150 valence electrons. The normalized spacial score (nSPS) is 11.6. The van der Waals surface area contributed by atoms with Crippen LogP contribution in [-0.4, -0.2) is 41.0 Å². The summed E-state index contributed by atoms with van der Waals surface area (Å²) in [7, 11) is 1.16. The van der Waals surface area contributed by atoms with E-state index in [1.165, 1.54) is 10.8 Å². The molecule has 0 unspecified atom stereocenters. The largest absolute Gasteiger partial charge is 0.480 e. The number of hydrogen-bond acceptors (Lipinski definition) is 5. The molecular formula is C21H20N2O6. The van der Waals surface area contributed by atoms with Crippen LogP contribution in [-0.2, 0) is 27.3 Å². The third-order valence-electron chi connectivity index (χ3n) is 4.40. The summed E-state index contributed by atoms with van der Waals surface area (Å²) in [6.45, 7) is 0.114. The lowest BCUT2D eigenvalue weighted by Crippen LogP contribution is -2.42. The number of rotatable bonds is 6. The molecule has 0 saturated carbocycles. The van der Waals surface area contributed by atoms with Gasteiger partial charge in [-0.25, -0.2) is 14.4 Å². The first-order valence-corrected chi connectivity index (χ1v) is 8.87. The van der Waals surface area contributed by atoms with Crippen molar-refractivity contribution < 1.29 is 29.0 Å². The van der Waals surface area contributed by atoms with E-state index in [4.69, 9.17) is 4.74 Å². The number of aromatic nitrogens is 1. The summed E-state index contributed by atoms with van der Waals surface area (Å²) in [6.07, 6.45) is 0.0871. The third-order valence-corrected chi connectivity index (χ3v) is 4.40. The highest BCUT2D eigenvalue weighted by atomic mass is 16.5. The van der Waals surface area contributed by atoms with E-state index in [0.29, 0.717) is 16.5 Å². The van der Waals surface area contributed by atoms with Gasteiger partial charge in [0.25, 0.3) is 0 Å². The monoisotopic (exact) mass is 396 g/mol. The average Bonchev–Trinajstić information content (AvgIpc) is 3.10. The number of alkyl carbamates (subject to hydrolysis) is 1. The number of carbonyl (C=O) groups excluding carboxylic acids is 2. The summed E-state index contributed by atoms with van der Waals surface area (Å²) in [6, 6.07) is 15.2. The lowest BCUT2D eigenvalue weighted by atomic mass is 10.1. The van der Waals surface area contributed by atoms with Crippen LogP contribution in [0.1, 0.15) is 11.1 Å². The Labute approximate surface area is 166 Å². The molecular weight excluding hydrogens is 376 g/mol. The Bertz CT molecular complexity index is 1030. The lowest BCUT2D eigenvalue weighted by Gasteiger charge is -2.13. The Kier molecular flexibility index (Phi) is 6.13. The molecule has 2 aromatic carbocycles. The molecule has 1 atom stereocenters. The van der Waals surface area contributed by atoms with E-state index in [2.05, 4.69) is 10.1 Å². The highest BCUT2D eigenvalue weighted by molar-refractivity contribution is 5.92. The summed E-state index contributed by atoms with van der Waals surface area (Å²) in [5, 5.41) is 12.4. The number of nitrogens with zero attached hydrogens (tertiary/aromatic N) is 1. The summed E-state index contributed by atoms with van der Waals surface area (Å²) < 4.78 is 11.2. The van der Waals surface area contributed by atoms with Crippen LogP contribution in [0.5, 0.6) is 0 Å². The van der Waals surface area contributed by atoms with Gasteiger partial charge >= 0.3 is 18.2 Å². The van der Waals surface area contributed by atoms with Crippen LogP contribution in [0.15, 0.2) is 60.8 Å². The molecule has 0 bridgehead atoms. The summed E-state index contributed by atoms with van der Waals surface area (Å²) >= 11 is 0. The number of nitrogens with one attached hydrogen (secondary N) is 1. The van der Waals surface area contributed by atoms with Crippen LogP contribution in [0.25, 0.3) is 10.9 Å². The van der Waals surface area contributed by atoms with E-state index >= 15 is 0 Å². The number of amides is 1. The van der Waals surface area contributed by atoms with Crippen molar-refractivity contribution in [2.75, 3.05) is 7.11 Å². The standard InChI is InChI=1S/C21H20N2O6/c1-28-20(26)22-17(19(24)25)11-15-12-23(18-10-6-5-9-16(15)18)21(27)29-13-14-7-3-2-4-8-14/h2-10,12,17H,11,13H2,1H3,(H,22,26)(H,24,25)/t17-/m1/s1. The molecule has 0 saturated heterocycles. The zero-order chi connectivity index (χ0) is 20.8. The number of ether oxygens (including phenoxy) is 2. The number of para-hydroxylation sites is 1. The van der Waals surface area contributed by atoms with E-state index in [1.54, 1.807) is 24.3 Å². The maximum Gasteiger partial charge on any atom is 0.418 e. The zero-order valence-corrected chi connectivity index (χ0v) is 15.7. The number of methoxy groups -OCH3 is 1. The van der Waals surface area contributed by atoms with Crippen LogP contribution in [0.3, 0.4) is 0 Å². The van der Waals surface area contributed by atoms with E-state index in [-0.39, 0.29) is 13.0 Å². The molecule has 8 nitrogen and oxygen atoms in total. The molecule has 1 amide bonds. The Morgan fingerprint density at radius 3 is 2.45 bits per heavy atom. The van der Waals surface area contributed by atoms with Crippen molar-refractivity contribution in [2.45, 2.75) is 19.1 Å². The van der Waals surface area contributed by atoms with Crippen molar-refractivity contribution in [3.63, 3.8) is 0 Å². The second kappa shape index (κ2) is 8.92. The fourth-order valence-electron chi connectivity index (χ4n) is 2.97. The van der Waals surface area contributed by atoms with Gasteiger partial charge in [0.1, 0.15) is 12.6 Å². The first-order chi connectivity index (χ1) is 14.0. The van der Waals surface area contributed by atoms with Crippen LogP contribution >= 0.6 is 0 Å². The number of carbonyl (C=O) groups is 3. The Morgan fingerprint density at radius 2 is 1.76 bits per heavy atom. The van der Waals surface area contributed by atoms with Crippen molar-refractivity contribution in [3.8, 4) is 0 Å². The van der Waals surface area contributed by atoms with Gasteiger partial charge in [0, 0.05) is 18.0 Å². The molecule has 0 radical (unpaired) electrons. The maximum atomic E-state index is 12.6. The first kappa shape index (κ1) is 19.9. The fraction of sp³-hybridized carbons (Fsp3) is 0.190. The average molecular weight is 396 g/mol. The molecule has 1 aromatic heterocycles. The number of hydrogen-bond donors (Lipinski definition) is 2. The highest BCUT2D eigenvalue weighted by Crippen LogP contribution is 2.23. The van der Waals surface area contributed by atoms with Gasteiger partial charge in [-0.2, -0.15) is 0 Å². The van der Waals surface area contributed by atoms with Gasteiger partial charge in [-0.3, -0.25) is 4.57 Å². The lowest BCUT2D eigenvalue weighted by molar-refractivity contribution is -0.139. The second-order valence-electron chi connectivity index (χ2n) is 6.31. The van der Waals surface area contributed by atoms with Crippen molar-refractivity contribution in [1.29, 1.82) is 0 Å². The number of carboxylic acids is 1. The predicted molar refractivity (Wildman–Crippen MR) is 105 cm³/mol. The fourth-order valence-corrected chi connectivity index (χ4v) is 2.97. The van der Waals surface area contributed by atoms with Gasteiger partial charge in [-0.05, 0) is 17.2 Å². The molecule has 1 heterocycles. The number of aliphatic carboxylic acids is 1. The first-order valence-electron chi connectivity index (χ1n) is 8.87. The minimum Gasteiger partial charge on any atom is -0.480 e. The van der Waals surface area contributed by atoms with Gasteiger partial charge in [-0.15, -0.1) is 0 Å². The molecule has 0 aliphatic carbocycles. The van der Waals surface area contributed by atoms with Crippen LogP contribution < -0.4 is 5.32 Å². The smallest absolute Gasteiger partial charge is 0.418 e. The predicted octanol–water partition coefficient (Wildman–Crippen LogP) is 3.18. The van der Waals surface area contributed by atoms with Gasteiger partial charge in [0.15, 0.2) is 0 Å². The van der Waals surface area contributed by atoms with Crippen LogP contribution in [0, 0.1) is 0 Å². The van der Waals surface area contributed by atoms with E-state index in [0.717, 1.165) is 12.7 Å². The second-order valence-corrected chi connectivity index (χ2v) is 6.31. The van der Waals surface area contributed by atoms with E-state index in [9.17, 15) is 19.5 Å². The van der Waals surface area contributed by atoms with Gasteiger partial charge in [0.2, 0.25) is 0 Å². The number of carboxylic acid groups (broad SMARTS) is 1. The molecule has 3 rings (SSSR count). The Morgan fingerprint density at radius 1 is 1.07 bits per heavy atom. The number of fused-ring (bicyclic) bond motifs is 1. The minimum atomic E-state index is -1.21. The molecule has 0 aliphatic heterocycles. The summed E-state index contributed by atoms with van der Waals surface area (Å²) in [4.78, 5) is 35.6. The van der Waals surface area contributed by atoms with Crippen molar-refractivity contribution in [1.82, 2.24) is 9.88 Å². The van der Waals surface area contributed by atoms with Crippen molar-refractivity contribution in [3.05, 3.63) is 71.9 Å². The van der Waals surface area contributed by atoms with Crippen LogP contribution in [0.2, 0.25) is 0 Å². The molecule has 3 aromatic rings. The Balaban J connectivity index is 1.85. The number of benzene rings is 2. The molecule has 0 aliphatic rings. The van der Waals surface area contributed by atoms with Gasteiger partial charge in [0.05, 0.1) is 12.6 Å². The topological polar surface area (TPSA) is 107 Å². The van der Waals surface area contributed by atoms with Crippen molar-refractivity contribution in [2.24, 2.45) is 0 Å².